The van der Waals surface area contributed by atoms with Crippen LogP contribution in [0.2, 0.25) is 0 Å². The van der Waals surface area contributed by atoms with Crippen LogP contribution in [0.1, 0.15) is 52.8 Å². The molecule has 2 aliphatic heterocycles. The van der Waals surface area contributed by atoms with Crippen molar-refractivity contribution in [3.63, 3.8) is 0 Å². The molecule has 2 aromatic rings. The summed E-state index contributed by atoms with van der Waals surface area (Å²) in [5, 5.41) is 0. The van der Waals surface area contributed by atoms with E-state index in [2.05, 4.69) is 0 Å². The molecule has 2 saturated heterocycles. The highest BCUT2D eigenvalue weighted by molar-refractivity contribution is 5.95. The number of hydrogen-bond donors (Lipinski definition) is 0. The molecule has 6 heteroatoms. The molecule has 1 atom stereocenters. The summed E-state index contributed by atoms with van der Waals surface area (Å²) in [6.45, 7) is 3.27. The van der Waals surface area contributed by atoms with Crippen LogP contribution < -0.4 is 4.74 Å². The smallest absolute Gasteiger partial charge is 0.256 e. The molecule has 164 valence electrons. The molecule has 31 heavy (non-hydrogen) atoms. The summed E-state index contributed by atoms with van der Waals surface area (Å²) in [6.07, 6.45) is 5.12. The molecule has 2 fully saturated rings. The first-order valence-electron chi connectivity index (χ1n) is 11.2. The fourth-order valence-electron chi connectivity index (χ4n) is 4.40. The van der Waals surface area contributed by atoms with Gasteiger partial charge in [0.15, 0.2) is 0 Å². The Labute approximate surface area is 182 Å². The average Bonchev–Trinajstić information content (AvgIpc) is 2.83. The van der Waals surface area contributed by atoms with E-state index < -0.39 is 5.82 Å². The minimum Gasteiger partial charge on any atom is -0.493 e. The van der Waals surface area contributed by atoms with E-state index in [9.17, 15) is 14.0 Å². The van der Waals surface area contributed by atoms with Crippen molar-refractivity contribution in [1.82, 2.24) is 9.80 Å². The van der Waals surface area contributed by atoms with E-state index in [1.54, 1.807) is 17.0 Å². The molecule has 2 heterocycles. The Morgan fingerprint density at radius 1 is 0.903 bits per heavy atom. The van der Waals surface area contributed by atoms with Crippen molar-refractivity contribution < 1.29 is 18.7 Å². The zero-order chi connectivity index (χ0) is 21.6. The van der Waals surface area contributed by atoms with Crippen molar-refractivity contribution in [3.8, 4) is 5.75 Å². The van der Waals surface area contributed by atoms with Gasteiger partial charge in [0.2, 0.25) is 0 Å². The van der Waals surface area contributed by atoms with Crippen LogP contribution in [0.3, 0.4) is 0 Å². The lowest BCUT2D eigenvalue weighted by Crippen LogP contribution is -2.41. The number of nitrogens with zero attached hydrogens (tertiary/aromatic N) is 2. The maximum Gasteiger partial charge on any atom is 0.256 e. The number of likely N-dealkylation sites (tertiary alicyclic amines) is 2. The van der Waals surface area contributed by atoms with Gasteiger partial charge in [0.1, 0.15) is 11.6 Å². The summed E-state index contributed by atoms with van der Waals surface area (Å²) in [5.74, 6) is 0.147. The Bertz CT molecular complexity index is 926. The molecule has 0 aliphatic carbocycles. The van der Waals surface area contributed by atoms with Gasteiger partial charge in [-0.15, -0.1) is 0 Å². The molecule has 0 bridgehead atoms. The molecule has 4 rings (SSSR count). The van der Waals surface area contributed by atoms with Gasteiger partial charge >= 0.3 is 0 Å². The van der Waals surface area contributed by atoms with Crippen LogP contribution in [0, 0.1) is 11.7 Å². The second-order valence-electron chi connectivity index (χ2n) is 8.43. The van der Waals surface area contributed by atoms with Gasteiger partial charge in [-0.05, 0) is 62.4 Å². The fourth-order valence-corrected chi connectivity index (χ4v) is 4.40. The van der Waals surface area contributed by atoms with Crippen molar-refractivity contribution in [1.29, 1.82) is 0 Å². The highest BCUT2D eigenvalue weighted by Crippen LogP contribution is 2.23. The Morgan fingerprint density at radius 2 is 1.68 bits per heavy atom. The van der Waals surface area contributed by atoms with E-state index in [0.717, 1.165) is 38.8 Å². The minimum absolute atomic E-state index is 0.0597. The lowest BCUT2D eigenvalue weighted by atomic mass is 9.98. The van der Waals surface area contributed by atoms with Crippen molar-refractivity contribution in [2.45, 2.75) is 32.1 Å². The SMILES string of the molecule is O=C(c1cccc(OCC2CCCN(C(=O)c3ccccc3F)C2)c1)N1CCCCC1. The average molecular weight is 425 g/mol. The summed E-state index contributed by atoms with van der Waals surface area (Å²) >= 11 is 0. The first-order chi connectivity index (χ1) is 15.1. The number of ether oxygens (including phenoxy) is 1. The van der Waals surface area contributed by atoms with Crippen LogP contribution in [0.25, 0.3) is 0 Å². The van der Waals surface area contributed by atoms with E-state index in [0.29, 0.717) is 31.0 Å². The van der Waals surface area contributed by atoms with E-state index in [4.69, 9.17) is 4.74 Å². The van der Waals surface area contributed by atoms with E-state index in [1.165, 1.54) is 18.6 Å². The van der Waals surface area contributed by atoms with Crippen LogP contribution in [0.15, 0.2) is 48.5 Å². The molecule has 1 unspecified atom stereocenters. The molecule has 5 nitrogen and oxygen atoms in total. The van der Waals surface area contributed by atoms with Crippen LogP contribution in [0.5, 0.6) is 5.75 Å². The van der Waals surface area contributed by atoms with E-state index in [-0.39, 0.29) is 23.3 Å². The van der Waals surface area contributed by atoms with Gasteiger partial charge < -0.3 is 14.5 Å². The van der Waals surface area contributed by atoms with Gasteiger partial charge in [0.25, 0.3) is 11.8 Å². The fraction of sp³-hybridized carbons (Fsp3) is 0.440. The number of benzene rings is 2. The van der Waals surface area contributed by atoms with Gasteiger partial charge in [0.05, 0.1) is 12.2 Å². The number of halogens is 1. The number of amides is 2. The zero-order valence-electron chi connectivity index (χ0n) is 17.8. The number of rotatable bonds is 5. The third-order valence-electron chi connectivity index (χ3n) is 6.12. The first-order valence-corrected chi connectivity index (χ1v) is 11.2. The lowest BCUT2D eigenvalue weighted by Gasteiger charge is -2.32. The Hall–Kier alpha value is -2.89. The molecule has 0 radical (unpaired) electrons. The minimum atomic E-state index is -0.485. The van der Waals surface area contributed by atoms with Crippen molar-refractivity contribution in [3.05, 3.63) is 65.5 Å². The van der Waals surface area contributed by atoms with Crippen LogP contribution >= 0.6 is 0 Å². The quantitative estimate of drug-likeness (QED) is 0.716. The Balaban J connectivity index is 1.34. The summed E-state index contributed by atoms with van der Waals surface area (Å²) in [6, 6.07) is 13.5. The monoisotopic (exact) mass is 424 g/mol. The largest absolute Gasteiger partial charge is 0.493 e. The number of carbonyl (C=O) groups excluding carboxylic acids is 2. The highest BCUT2D eigenvalue weighted by Gasteiger charge is 2.26. The predicted molar refractivity (Wildman–Crippen MR) is 117 cm³/mol. The molecule has 0 spiro atoms. The Morgan fingerprint density at radius 3 is 2.48 bits per heavy atom. The second-order valence-corrected chi connectivity index (χ2v) is 8.43. The maximum atomic E-state index is 14.0. The highest BCUT2D eigenvalue weighted by atomic mass is 19.1. The van der Waals surface area contributed by atoms with Gasteiger partial charge in [-0.25, -0.2) is 4.39 Å². The Kier molecular flexibility index (Phi) is 6.85. The van der Waals surface area contributed by atoms with E-state index in [1.807, 2.05) is 29.2 Å². The third-order valence-corrected chi connectivity index (χ3v) is 6.12. The first kappa shape index (κ1) is 21.3. The van der Waals surface area contributed by atoms with Crippen LogP contribution in [-0.2, 0) is 0 Å². The van der Waals surface area contributed by atoms with Gasteiger partial charge in [-0.3, -0.25) is 9.59 Å². The standard InChI is InChI=1S/C25H29FN2O3/c26-23-12-3-2-11-22(23)25(30)28-15-7-8-19(17-28)18-31-21-10-6-9-20(16-21)24(29)27-13-4-1-5-14-27/h2-3,6,9-12,16,19H,1,4-5,7-8,13-15,17-18H2. The number of piperidine rings is 2. The van der Waals surface area contributed by atoms with E-state index >= 15 is 0 Å². The van der Waals surface area contributed by atoms with Crippen molar-refractivity contribution >= 4 is 11.8 Å². The zero-order valence-corrected chi connectivity index (χ0v) is 17.8. The summed E-state index contributed by atoms with van der Waals surface area (Å²) < 4.78 is 20.0. The van der Waals surface area contributed by atoms with Crippen LogP contribution in [0.4, 0.5) is 4.39 Å². The number of carbonyl (C=O) groups is 2. The van der Waals surface area contributed by atoms with Gasteiger partial charge in [-0.1, -0.05) is 18.2 Å². The van der Waals surface area contributed by atoms with Crippen molar-refractivity contribution in [2.24, 2.45) is 5.92 Å². The predicted octanol–water partition coefficient (Wildman–Crippen LogP) is 4.38. The maximum absolute atomic E-state index is 14.0. The van der Waals surface area contributed by atoms with Crippen LogP contribution in [-0.4, -0.2) is 54.4 Å². The number of hydrogen-bond acceptors (Lipinski definition) is 3. The molecular weight excluding hydrogens is 395 g/mol. The molecule has 2 amide bonds. The van der Waals surface area contributed by atoms with Gasteiger partial charge in [0, 0.05) is 37.7 Å². The summed E-state index contributed by atoms with van der Waals surface area (Å²) in [7, 11) is 0. The summed E-state index contributed by atoms with van der Waals surface area (Å²) in [4.78, 5) is 29.1. The normalized spacial score (nSPS) is 19.2. The summed E-state index contributed by atoms with van der Waals surface area (Å²) in [5.41, 5.74) is 0.771. The molecule has 0 saturated carbocycles. The second kappa shape index (κ2) is 9.94. The molecule has 2 aliphatic rings. The van der Waals surface area contributed by atoms with Crippen molar-refractivity contribution in [2.75, 3.05) is 32.8 Å². The third kappa shape index (κ3) is 5.24. The molecule has 2 aromatic carbocycles. The molecular formula is C25H29FN2O3. The topological polar surface area (TPSA) is 49.9 Å². The van der Waals surface area contributed by atoms with Gasteiger partial charge in [-0.2, -0.15) is 0 Å². The molecule has 0 N–H and O–H groups in total. The lowest BCUT2D eigenvalue weighted by molar-refractivity contribution is 0.0627. The molecule has 0 aromatic heterocycles.